The van der Waals surface area contributed by atoms with Crippen molar-refractivity contribution in [1.82, 2.24) is 5.32 Å². The zero-order valence-electron chi connectivity index (χ0n) is 11.1. The molecule has 17 heavy (non-hydrogen) atoms. The minimum Gasteiger partial charge on any atom is -0.381 e. The molecule has 0 heterocycles. The van der Waals surface area contributed by atoms with Crippen LogP contribution in [-0.4, -0.2) is 32.2 Å². The fourth-order valence-corrected chi connectivity index (χ4v) is 2.53. The fraction of sp³-hybridized carbons (Fsp3) is 0.923. The van der Waals surface area contributed by atoms with Gasteiger partial charge in [0, 0.05) is 26.3 Å². The first kappa shape index (κ1) is 14.5. The summed E-state index contributed by atoms with van der Waals surface area (Å²) in [5, 5.41) is 2.97. The van der Waals surface area contributed by atoms with E-state index in [1.807, 2.05) is 0 Å². The molecule has 100 valence electrons. The Morgan fingerprint density at radius 1 is 1.47 bits per heavy atom. The topological polar surface area (TPSA) is 64.3 Å². The molecule has 1 fully saturated rings. The third-order valence-electron chi connectivity index (χ3n) is 3.45. The van der Waals surface area contributed by atoms with Crippen molar-refractivity contribution in [1.29, 1.82) is 0 Å². The molecule has 0 unspecified atom stereocenters. The Balaban J connectivity index is 2.12. The van der Waals surface area contributed by atoms with Crippen LogP contribution in [0.15, 0.2) is 0 Å². The van der Waals surface area contributed by atoms with E-state index in [-0.39, 0.29) is 11.3 Å². The van der Waals surface area contributed by atoms with Crippen molar-refractivity contribution in [2.75, 3.05) is 26.3 Å². The zero-order valence-corrected chi connectivity index (χ0v) is 11.1. The molecular formula is C13H26N2O2. The van der Waals surface area contributed by atoms with E-state index in [4.69, 9.17) is 10.5 Å². The van der Waals surface area contributed by atoms with E-state index in [0.29, 0.717) is 19.0 Å². The van der Waals surface area contributed by atoms with Crippen LogP contribution in [0.25, 0.3) is 0 Å². The molecule has 0 aromatic heterocycles. The Morgan fingerprint density at radius 3 is 2.71 bits per heavy atom. The zero-order chi connectivity index (χ0) is 12.7. The number of hydrogen-bond donors (Lipinski definition) is 2. The predicted molar refractivity (Wildman–Crippen MR) is 68.6 cm³/mol. The van der Waals surface area contributed by atoms with Crippen molar-refractivity contribution < 1.29 is 9.53 Å². The summed E-state index contributed by atoms with van der Waals surface area (Å²) in [6, 6.07) is 0. The summed E-state index contributed by atoms with van der Waals surface area (Å²) in [4.78, 5) is 12.0. The maximum atomic E-state index is 12.0. The van der Waals surface area contributed by atoms with Crippen molar-refractivity contribution >= 4 is 5.91 Å². The maximum Gasteiger partial charge on any atom is 0.227 e. The van der Waals surface area contributed by atoms with Crippen LogP contribution in [0.1, 0.15) is 39.5 Å². The van der Waals surface area contributed by atoms with Gasteiger partial charge in [0.25, 0.3) is 0 Å². The van der Waals surface area contributed by atoms with Gasteiger partial charge in [0.05, 0.1) is 5.41 Å². The number of rotatable bonds is 8. The predicted octanol–water partition coefficient (Wildman–Crippen LogP) is 1.29. The number of hydrogen-bond acceptors (Lipinski definition) is 3. The van der Waals surface area contributed by atoms with Crippen molar-refractivity contribution in [2.24, 2.45) is 17.1 Å². The maximum absolute atomic E-state index is 12.0. The van der Waals surface area contributed by atoms with Crippen molar-refractivity contribution in [3.8, 4) is 0 Å². The number of carbonyl (C=O) groups is 1. The molecule has 0 aromatic carbocycles. The van der Waals surface area contributed by atoms with Gasteiger partial charge in [-0.3, -0.25) is 4.79 Å². The molecule has 3 N–H and O–H groups in total. The molecule has 0 aliphatic heterocycles. The van der Waals surface area contributed by atoms with Crippen LogP contribution in [-0.2, 0) is 9.53 Å². The second-order valence-corrected chi connectivity index (χ2v) is 5.22. The van der Waals surface area contributed by atoms with Crippen molar-refractivity contribution in [3.05, 3.63) is 0 Å². The summed E-state index contributed by atoms with van der Waals surface area (Å²) in [5.41, 5.74) is 5.44. The molecule has 1 saturated carbocycles. The molecule has 0 saturated heterocycles. The normalized spacial score (nSPS) is 27.6. The van der Waals surface area contributed by atoms with E-state index in [2.05, 4.69) is 19.2 Å². The van der Waals surface area contributed by atoms with E-state index in [1.165, 1.54) is 0 Å². The Kier molecular flexibility index (Phi) is 5.92. The van der Waals surface area contributed by atoms with Gasteiger partial charge in [-0.25, -0.2) is 0 Å². The van der Waals surface area contributed by atoms with Crippen molar-refractivity contribution in [3.63, 3.8) is 0 Å². The lowest BCUT2D eigenvalue weighted by molar-refractivity contribution is -0.138. The Labute approximate surface area is 104 Å². The van der Waals surface area contributed by atoms with Crippen LogP contribution in [0.3, 0.4) is 0 Å². The highest BCUT2D eigenvalue weighted by atomic mass is 16.5. The number of nitrogens with one attached hydrogen (secondary N) is 1. The molecular weight excluding hydrogens is 216 g/mol. The van der Waals surface area contributed by atoms with Crippen molar-refractivity contribution in [2.45, 2.75) is 39.5 Å². The van der Waals surface area contributed by atoms with Crippen LogP contribution in [0.4, 0.5) is 0 Å². The summed E-state index contributed by atoms with van der Waals surface area (Å²) in [6.07, 6.45) is 3.78. The Hall–Kier alpha value is -0.610. The minimum absolute atomic E-state index is 0.133. The first-order chi connectivity index (χ1) is 8.14. The molecule has 1 aliphatic carbocycles. The Morgan fingerprint density at radius 2 is 2.18 bits per heavy atom. The van der Waals surface area contributed by atoms with Gasteiger partial charge >= 0.3 is 0 Å². The average Bonchev–Trinajstić information content (AvgIpc) is 2.29. The highest BCUT2D eigenvalue weighted by molar-refractivity contribution is 5.83. The quantitative estimate of drug-likeness (QED) is 0.630. The van der Waals surface area contributed by atoms with E-state index in [0.717, 1.165) is 38.9 Å². The lowest BCUT2D eigenvalue weighted by Crippen LogP contribution is -2.53. The minimum atomic E-state index is -0.274. The molecule has 0 radical (unpaired) electrons. The molecule has 0 atom stereocenters. The third kappa shape index (κ3) is 3.96. The number of carbonyl (C=O) groups excluding carboxylic acids is 1. The first-order valence-corrected chi connectivity index (χ1v) is 6.70. The summed E-state index contributed by atoms with van der Waals surface area (Å²) in [7, 11) is 0. The Bertz CT molecular complexity index is 238. The molecule has 1 rings (SSSR count). The number of amides is 1. The van der Waals surface area contributed by atoms with Gasteiger partial charge in [0.15, 0.2) is 0 Å². The second kappa shape index (κ2) is 6.97. The first-order valence-electron chi connectivity index (χ1n) is 6.70. The lowest BCUT2D eigenvalue weighted by atomic mass is 9.62. The SMILES string of the molecule is CCCOCCCNC(=O)C1(CN)CC(C)C1. The second-order valence-electron chi connectivity index (χ2n) is 5.22. The summed E-state index contributed by atoms with van der Waals surface area (Å²) < 4.78 is 5.36. The molecule has 4 nitrogen and oxygen atoms in total. The van der Waals surface area contributed by atoms with Crippen LogP contribution < -0.4 is 11.1 Å². The molecule has 1 amide bonds. The molecule has 4 heteroatoms. The van der Waals surface area contributed by atoms with Gasteiger partial charge in [-0.05, 0) is 31.6 Å². The monoisotopic (exact) mass is 242 g/mol. The molecule has 0 bridgehead atoms. The van der Waals surface area contributed by atoms with Gasteiger partial charge in [-0.2, -0.15) is 0 Å². The van der Waals surface area contributed by atoms with Gasteiger partial charge < -0.3 is 15.8 Å². The average molecular weight is 242 g/mol. The van der Waals surface area contributed by atoms with Crippen LogP contribution in [0.2, 0.25) is 0 Å². The highest BCUT2D eigenvalue weighted by Crippen LogP contribution is 2.44. The summed E-state index contributed by atoms with van der Waals surface area (Å²) >= 11 is 0. The summed E-state index contributed by atoms with van der Waals surface area (Å²) in [5.74, 6) is 0.769. The molecule has 1 aliphatic rings. The van der Waals surface area contributed by atoms with Crippen LogP contribution >= 0.6 is 0 Å². The van der Waals surface area contributed by atoms with Gasteiger partial charge in [-0.1, -0.05) is 13.8 Å². The van der Waals surface area contributed by atoms with E-state index >= 15 is 0 Å². The molecule has 0 spiro atoms. The van der Waals surface area contributed by atoms with E-state index in [1.54, 1.807) is 0 Å². The lowest BCUT2D eigenvalue weighted by Gasteiger charge is -2.44. The standard InChI is InChI=1S/C13H26N2O2/c1-3-6-17-7-4-5-15-12(16)13(10-14)8-11(2)9-13/h11H,3-10,14H2,1-2H3,(H,15,16). The third-order valence-corrected chi connectivity index (χ3v) is 3.45. The van der Waals surface area contributed by atoms with Crippen LogP contribution in [0, 0.1) is 11.3 Å². The van der Waals surface area contributed by atoms with Crippen LogP contribution in [0.5, 0.6) is 0 Å². The van der Waals surface area contributed by atoms with E-state index in [9.17, 15) is 4.79 Å². The smallest absolute Gasteiger partial charge is 0.227 e. The highest BCUT2D eigenvalue weighted by Gasteiger charge is 2.46. The van der Waals surface area contributed by atoms with Gasteiger partial charge in [0.1, 0.15) is 0 Å². The summed E-state index contributed by atoms with van der Waals surface area (Å²) in [6.45, 7) is 6.94. The van der Waals surface area contributed by atoms with Gasteiger partial charge in [-0.15, -0.1) is 0 Å². The van der Waals surface area contributed by atoms with Gasteiger partial charge in [0.2, 0.25) is 5.91 Å². The number of nitrogens with two attached hydrogens (primary N) is 1. The fourth-order valence-electron chi connectivity index (χ4n) is 2.53. The number of ether oxygens (including phenoxy) is 1. The molecule has 0 aromatic rings. The largest absolute Gasteiger partial charge is 0.381 e. The van der Waals surface area contributed by atoms with E-state index < -0.39 is 0 Å².